The van der Waals surface area contributed by atoms with Gasteiger partial charge in [0.05, 0.1) is 82.7 Å². The molecule has 398 valence electrons. The Kier molecular flexibility index (Phi) is 15.6. The molecule has 0 spiro atoms. The maximum Gasteiger partial charge on any atom is 0.417 e. The number of amides is 2. The molecule has 10 rings (SSSR count). The molecular weight excluding hydrogens is 993 g/mol. The SMILES string of the molecule is CCC(N(CC(COc1ccc(CC(N)=O)cc1)OC(=O)C(=O)OC(COc1ccc(CC(N)=O)cc1)CN(C(CC)n1cnc2ccccc21)n1cnc2ccccc21)n1cnc2ccccc21)n1cnc2ccccc21. The van der Waals surface area contributed by atoms with Crippen LogP contribution in [0.3, 0.4) is 0 Å². The second-order valence-electron chi connectivity index (χ2n) is 18.7. The van der Waals surface area contributed by atoms with E-state index in [2.05, 4.69) is 9.13 Å². The Morgan fingerprint density at radius 3 is 1.15 bits per heavy atom. The molecule has 4 aromatic heterocycles. The molecule has 78 heavy (non-hydrogen) atoms. The van der Waals surface area contributed by atoms with Gasteiger partial charge in [0.25, 0.3) is 0 Å². The molecule has 0 aliphatic rings. The van der Waals surface area contributed by atoms with E-state index in [0.29, 0.717) is 35.5 Å². The first-order valence-electron chi connectivity index (χ1n) is 25.7. The van der Waals surface area contributed by atoms with Crippen molar-refractivity contribution in [2.24, 2.45) is 11.5 Å². The normalized spacial score (nSPS) is 13.0. The van der Waals surface area contributed by atoms with Crippen LogP contribution in [0.15, 0.2) is 171 Å². The summed E-state index contributed by atoms with van der Waals surface area (Å²) in [6, 6.07) is 44.7. The lowest BCUT2D eigenvalue weighted by Crippen LogP contribution is -2.49. The summed E-state index contributed by atoms with van der Waals surface area (Å²) in [4.78, 5) is 71.5. The maximum absolute atomic E-state index is 14.6. The van der Waals surface area contributed by atoms with Crippen LogP contribution in [0.25, 0.3) is 44.1 Å². The standard InChI is InChI=1S/C58H58N12O8/c1-3-55(65-35-61-45-13-5-9-17-49(45)65)67(69-37-63-47-15-7-11-19-51(47)69)31-43(33-75-41-25-21-39(22-26-41)29-53(59)71)77-57(73)58(74)78-44(34-76-42-27-23-40(24-28-42)30-54(60)72)32-68(70-38-64-48-16-8-12-20-52(48)70)56(4-2)66-36-62-46-14-6-10-18-50(46)66/h5-28,35-38,43-44,55-56H,3-4,29-34H2,1-2H3,(H2,59,71)(H2,60,72). The third kappa shape index (κ3) is 11.6. The van der Waals surface area contributed by atoms with Crippen LogP contribution in [-0.4, -0.2) is 101 Å². The van der Waals surface area contributed by atoms with Crippen LogP contribution in [0.4, 0.5) is 0 Å². The number of hydrogen-bond donors (Lipinski definition) is 2. The van der Waals surface area contributed by atoms with Gasteiger partial charge in [0.1, 0.15) is 49.7 Å². The zero-order valence-electron chi connectivity index (χ0n) is 43.0. The Labute approximate surface area is 448 Å². The first-order valence-corrected chi connectivity index (χ1v) is 25.7. The zero-order valence-corrected chi connectivity index (χ0v) is 43.0. The van der Waals surface area contributed by atoms with E-state index in [0.717, 1.165) is 44.1 Å². The van der Waals surface area contributed by atoms with Crippen molar-refractivity contribution in [3.8, 4) is 11.5 Å². The summed E-state index contributed by atoms with van der Waals surface area (Å²) in [5.41, 5.74) is 18.7. The summed E-state index contributed by atoms with van der Waals surface area (Å²) in [6.45, 7) is 3.63. The number of para-hydroxylation sites is 8. The minimum atomic E-state index is -1.27. The number of hydrogen-bond acceptors (Lipinski definition) is 14. The fourth-order valence-corrected chi connectivity index (χ4v) is 9.79. The van der Waals surface area contributed by atoms with Crippen molar-refractivity contribution in [3.63, 3.8) is 0 Å². The van der Waals surface area contributed by atoms with E-state index in [1.807, 2.05) is 130 Å². The van der Waals surface area contributed by atoms with Crippen LogP contribution < -0.4 is 31.0 Å². The number of ether oxygens (including phenoxy) is 4. The molecule has 6 aromatic carbocycles. The molecule has 2 amide bonds. The number of esters is 2. The van der Waals surface area contributed by atoms with Gasteiger partial charge in [0.15, 0.2) is 12.2 Å². The molecule has 20 heteroatoms. The number of carbonyl (C=O) groups excluding carboxylic acids is 4. The summed E-state index contributed by atoms with van der Waals surface area (Å²) in [6.07, 6.45) is 5.08. The third-order valence-corrected chi connectivity index (χ3v) is 13.4. The summed E-state index contributed by atoms with van der Waals surface area (Å²) in [5, 5.41) is 4.02. The van der Waals surface area contributed by atoms with Gasteiger partial charge in [-0.05, 0) is 96.8 Å². The Hall–Kier alpha value is -9.72. The van der Waals surface area contributed by atoms with Crippen molar-refractivity contribution in [2.45, 2.75) is 64.1 Å². The summed E-state index contributed by atoms with van der Waals surface area (Å²) < 4.78 is 33.1. The van der Waals surface area contributed by atoms with Crippen molar-refractivity contribution in [3.05, 3.63) is 182 Å². The number of nitrogens with zero attached hydrogens (tertiary/aromatic N) is 10. The van der Waals surface area contributed by atoms with E-state index in [9.17, 15) is 19.2 Å². The van der Waals surface area contributed by atoms with Gasteiger partial charge in [0.2, 0.25) is 11.8 Å². The van der Waals surface area contributed by atoms with Crippen molar-refractivity contribution < 1.29 is 38.1 Å². The maximum atomic E-state index is 14.6. The van der Waals surface area contributed by atoms with Crippen LogP contribution in [0.5, 0.6) is 11.5 Å². The number of fused-ring (bicyclic) bond motifs is 4. The average Bonchev–Trinajstić information content (AvgIpc) is 4.29. The molecule has 0 radical (unpaired) electrons. The Morgan fingerprint density at radius 2 is 0.795 bits per heavy atom. The number of benzene rings is 6. The van der Waals surface area contributed by atoms with Gasteiger partial charge in [-0.3, -0.25) is 19.6 Å². The fourth-order valence-electron chi connectivity index (χ4n) is 9.79. The van der Waals surface area contributed by atoms with Gasteiger partial charge in [-0.2, -0.15) is 0 Å². The van der Waals surface area contributed by atoms with E-state index in [4.69, 9.17) is 50.4 Å². The Bertz CT molecular complexity index is 3460. The van der Waals surface area contributed by atoms with Gasteiger partial charge < -0.3 is 39.5 Å². The monoisotopic (exact) mass is 1050 g/mol. The van der Waals surface area contributed by atoms with Gasteiger partial charge in [-0.15, -0.1) is 0 Å². The predicted molar refractivity (Wildman–Crippen MR) is 293 cm³/mol. The fraction of sp³-hybridized carbons (Fsp3) is 0.241. The minimum Gasteiger partial charge on any atom is -0.490 e. The first-order chi connectivity index (χ1) is 38.0. The number of rotatable bonds is 24. The molecule has 0 saturated heterocycles. The second-order valence-corrected chi connectivity index (χ2v) is 18.7. The van der Waals surface area contributed by atoms with E-state index in [-0.39, 0.29) is 39.1 Å². The van der Waals surface area contributed by atoms with Gasteiger partial charge in [0, 0.05) is 0 Å². The lowest BCUT2D eigenvalue weighted by atomic mass is 10.1. The highest BCUT2D eigenvalue weighted by atomic mass is 16.6. The summed E-state index contributed by atoms with van der Waals surface area (Å²) in [7, 11) is 0. The van der Waals surface area contributed by atoms with Crippen LogP contribution >= 0.6 is 0 Å². The molecular formula is C58H58N12O8. The topological polar surface area (TPSA) is 235 Å². The molecule has 10 aromatic rings. The molecule has 20 nitrogen and oxygen atoms in total. The lowest BCUT2D eigenvalue weighted by molar-refractivity contribution is -0.175. The van der Waals surface area contributed by atoms with Gasteiger partial charge in [-0.1, -0.05) is 86.6 Å². The van der Waals surface area contributed by atoms with Crippen LogP contribution in [0, 0.1) is 0 Å². The average molecular weight is 1050 g/mol. The quantitative estimate of drug-likeness (QED) is 0.0462. The minimum absolute atomic E-state index is 0.0129. The highest BCUT2D eigenvalue weighted by Crippen LogP contribution is 2.29. The molecule has 4 N–H and O–H groups in total. The number of aromatic nitrogens is 8. The Balaban J connectivity index is 0.988. The van der Waals surface area contributed by atoms with Crippen LogP contribution in [-0.2, 0) is 41.5 Å². The van der Waals surface area contributed by atoms with E-state index in [1.165, 1.54) is 0 Å². The van der Waals surface area contributed by atoms with Crippen LogP contribution in [0.1, 0.15) is 50.1 Å². The van der Waals surface area contributed by atoms with Crippen molar-refractivity contribution in [1.29, 1.82) is 0 Å². The largest absolute Gasteiger partial charge is 0.490 e. The van der Waals surface area contributed by atoms with Crippen LogP contribution in [0.2, 0.25) is 0 Å². The Morgan fingerprint density at radius 1 is 0.462 bits per heavy atom. The summed E-state index contributed by atoms with van der Waals surface area (Å²) in [5.74, 6) is -2.66. The highest BCUT2D eigenvalue weighted by Gasteiger charge is 2.34. The number of primary amides is 2. The summed E-state index contributed by atoms with van der Waals surface area (Å²) >= 11 is 0. The first kappa shape index (κ1) is 51.8. The molecule has 4 heterocycles. The third-order valence-electron chi connectivity index (χ3n) is 13.4. The predicted octanol–water partition coefficient (Wildman–Crippen LogP) is 6.92. The van der Waals surface area contributed by atoms with Gasteiger partial charge in [-0.25, -0.2) is 38.9 Å². The molecule has 4 atom stereocenters. The smallest absolute Gasteiger partial charge is 0.417 e. The number of nitrogens with two attached hydrogens (primary N) is 2. The van der Waals surface area contributed by atoms with Crippen molar-refractivity contribution in [2.75, 3.05) is 36.3 Å². The number of imidazole rings is 4. The molecule has 0 saturated carbocycles. The molecule has 0 bridgehead atoms. The lowest BCUT2D eigenvalue weighted by Gasteiger charge is -2.37. The van der Waals surface area contributed by atoms with E-state index in [1.54, 1.807) is 73.8 Å². The highest BCUT2D eigenvalue weighted by molar-refractivity contribution is 6.29. The van der Waals surface area contributed by atoms with E-state index >= 15 is 0 Å². The second kappa shape index (κ2) is 23.4. The van der Waals surface area contributed by atoms with Crippen molar-refractivity contribution >= 4 is 67.9 Å². The molecule has 0 aliphatic carbocycles. The molecule has 0 aliphatic heterocycles. The van der Waals surface area contributed by atoms with Crippen molar-refractivity contribution in [1.82, 2.24) is 38.4 Å². The van der Waals surface area contributed by atoms with Gasteiger partial charge >= 0.3 is 11.9 Å². The molecule has 4 unspecified atom stereocenters. The van der Waals surface area contributed by atoms with E-state index < -0.39 is 48.3 Å². The number of carbonyl (C=O) groups is 4. The zero-order chi connectivity index (χ0) is 54.1. The molecule has 0 fully saturated rings.